The van der Waals surface area contributed by atoms with Crippen LogP contribution < -0.4 is 15.4 Å². The monoisotopic (exact) mass is 286 g/mol. The molecule has 2 aromatic rings. The maximum Gasteiger partial charge on any atom is 0.133 e. The van der Waals surface area contributed by atoms with Crippen molar-refractivity contribution in [1.29, 1.82) is 0 Å². The highest BCUT2D eigenvalue weighted by atomic mass is 16.5. The van der Waals surface area contributed by atoms with Crippen LogP contribution in [0.25, 0.3) is 0 Å². The molecule has 0 fully saturated rings. The third-order valence-corrected chi connectivity index (χ3v) is 2.92. The summed E-state index contributed by atoms with van der Waals surface area (Å²) < 4.78 is 5.64. The number of hydrogen-bond donors (Lipinski definition) is 2. The topological polar surface area (TPSA) is 59.1 Å². The van der Waals surface area contributed by atoms with Gasteiger partial charge in [-0.2, -0.15) is 0 Å². The Morgan fingerprint density at radius 3 is 2.57 bits per heavy atom. The summed E-state index contributed by atoms with van der Waals surface area (Å²) >= 11 is 0. The summed E-state index contributed by atoms with van der Waals surface area (Å²) in [6, 6.07) is 11.7. The van der Waals surface area contributed by atoms with E-state index < -0.39 is 0 Å². The number of para-hydroxylation sites is 1. The van der Waals surface area contributed by atoms with Gasteiger partial charge in [-0.05, 0) is 18.6 Å². The Bertz CT molecular complexity index is 545. The first-order valence-electron chi connectivity index (χ1n) is 7.29. The standard InChI is InChI=1S/C16H22N4O/c1-3-7-14-19-15(17-2)12-16(20-14)18-10-11-21-13-8-5-4-6-9-13/h4-6,8-9,12H,3,7,10-11H2,1-2H3,(H2,17,18,19,20). The maximum atomic E-state index is 5.64. The molecule has 0 saturated carbocycles. The van der Waals surface area contributed by atoms with Crippen LogP contribution in [-0.2, 0) is 6.42 Å². The van der Waals surface area contributed by atoms with E-state index in [0.29, 0.717) is 13.2 Å². The van der Waals surface area contributed by atoms with Gasteiger partial charge in [0.25, 0.3) is 0 Å². The summed E-state index contributed by atoms with van der Waals surface area (Å²) in [5.41, 5.74) is 0. The van der Waals surface area contributed by atoms with Crippen LogP contribution >= 0.6 is 0 Å². The average molecular weight is 286 g/mol. The van der Waals surface area contributed by atoms with Gasteiger partial charge in [0.05, 0.1) is 6.54 Å². The number of aryl methyl sites for hydroxylation is 1. The van der Waals surface area contributed by atoms with Crippen LogP contribution in [-0.4, -0.2) is 30.2 Å². The molecule has 21 heavy (non-hydrogen) atoms. The molecule has 0 aliphatic carbocycles. The molecule has 2 N–H and O–H groups in total. The number of nitrogens with one attached hydrogen (secondary N) is 2. The van der Waals surface area contributed by atoms with Crippen LogP contribution in [0.5, 0.6) is 5.75 Å². The molecule has 5 nitrogen and oxygen atoms in total. The zero-order valence-electron chi connectivity index (χ0n) is 12.6. The Hall–Kier alpha value is -2.30. The predicted octanol–water partition coefficient (Wildman–Crippen LogP) is 2.96. The number of rotatable bonds is 8. The van der Waals surface area contributed by atoms with Crippen molar-refractivity contribution in [3.63, 3.8) is 0 Å². The smallest absolute Gasteiger partial charge is 0.133 e. The molecular formula is C16H22N4O. The molecule has 5 heteroatoms. The molecule has 1 aromatic carbocycles. The van der Waals surface area contributed by atoms with Gasteiger partial charge in [-0.3, -0.25) is 0 Å². The van der Waals surface area contributed by atoms with Crippen LogP contribution in [0.1, 0.15) is 19.2 Å². The van der Waals surface area contributed by atoms with Gasteiger partial charge < -0.3 is 15.4 Å². The molecule has 0 saturated heterocycles. The van der Waals surface area contributed by atoms with E-state index in [1.807, 2.05) is 43.4 Å². The molecule has 0 radical (unpaired) electrons. The second-order valence-electron chi connectivity index (χ2n) is 4.64. The van der Waals surface area contributed by atoms with Crippen molar-refractivity contribution in [1.82, 2.24) is 9.97 Å². The first-order chi connectivity index (χ1) is 10.3. The van der Waals surface area contributed by atoms with E-state index in [1.54, 1.807) is 0 Å². The minimum Gasteiger partial charge on any atom is -0.492 e. The second kappa shape index (κ2) is 8.09. The molecular weight excluding hydrogens is 264 g/mol. The van der Waals surface area contributed by atoms with Crippen molar-refractivity contribution in [2.45, 2.75) is 19.8 Å². The maximum absolute atomic E-state index is 5.64. The number of benzene rings is 1. The molecule has 0 aliphatic rings. The Morgan fingerprint density at radius 2 is 1.86 bits per heavy atom. The molecule has 1 heterocycles. The van der Waals surface area contributed by atoms with Crippen molar-refractivity contribution in [2.75, 3.05) is 30.8 Å². The van der Waals surface area contributed by atoms with Gasteiger partial charge >= 0.3 is 0 Å². The van der Waals surface area contributed by atoms with E-state index >= 15 is 0 Å². The van der Waals surface area contributed by atoms with Crippen molar-refractivity contribution < 1.29 is 4.74 Å². The molecule has 2 rings (SSSR count). The highest BCUT2D eigenvalue weighted by Gasteiger charge is 2.03. The molecule has 112 valence electrons. The van der Waals surface area contributed by atoms with Crippen molar-refractivity contribution in [2.24, 2.45) is 0 Å². The first kappa shape index (κ1) is 15.1. The van der Waals surface area contributed by atoms with Gasteiger partial charge in [0.15, 0.2) is 0 Å². The normalized spacial score (nSPS) is 10.2. The number of aromatic nitrogens is 2. The van der Waals surface area contributed by atoms with Gasteiger partial charge in [0.2, 0.25) is 0 Å². The summed E-state index contributed by atoms with van der Waals surface area (Å²) in [7, 11) is 1.86. The van der Waals surface area contributed by atoms with Crippen molar-refractivity contribution >= 4 is 11.6 Å². The van der Waals surface area contributed by atoms with Crippen LogP contribution in [0.2, 0.25) is 0 Å². The Morgan fingerprint density at radius 1 is 1.10 bits per heavy atom. The van der Waals surface area contributed by atoms with Gasteiger partial charge in [-0.1, -0.05) is 25.1 Å². The number of anilines is 2. The fourth-order valence-electron chi connectivity index (χ4n) is 1.92. The van der Waals surface area contributed by atoms with Crippen LogP contribution in [0, 0.1) is 0 Å². The number of nitrogens with zero attached hydrogens (tertiary/aromatic N) is 2. The van der Waals surface area contributed by atoms with E-state index in [-0.39, 0.29) is 0 Å². The molecule has 0 spiro atoms. The summed E-state index contributed by atoms with van der Waals surface area (Å²) in [6.07, 6.45) is 1.91. The molecule has 0 amide bonds. The van der Waals surface area contributed by atoms with E-state index in [0.717, 1.165) is 36.1 Å². The quantitative estimate of drug-likeness (QED) is 0.731. The minimum atomic E-state index is 0.589. The zero-order chi connectivity index (χ0) is 14.9. The third-order valence-electron chi connectivity index (χ3n) is 2.92. The highest BCUT2D eigenvalue weighted by molar-refractivity contribution is 5.47. The fraction of sp³-hybridized carbons (Fsp3) is 0.375. The van der Waals surface area contributed by atoms with Crippen molar-refractivity contribution in [3.05, 3.63) is 42.2 Å². The second-order valence-corrected chi connectivity index (χ2v) is 4.64. The number of ether oxygens (including phenoxy) is 1. The Kier molecular flexibility index (Phi) is 5.82. The van der Waals surface area contributed by atoms with Gasteiger partial charge in [0, 0.05) is 19.5 Å². The lowest BCUT2D eigenvalue weighted by molar-refractivity contribution is 0.332. The van der Waals surface area contributed by atoms with Gasteiger partial charge in [-0.25, -0.2) is 9.97 Å². The van der Waals surface area contributed by atoms with E-state index in [4.69, 9.17) is 4.74 Å². The molecule has 0 atom stereocenters. The van der Waals surface area contributed by atoms with Gasteiger partial charge in [0.1, 0.15) is 29.8 Å². The lowest BCUT2D eigenvalue weighted by Gasteiger charge is -2.10. The van der Waals surface area contributed by atoms with Crippen molar-refractivity contribution in [3.8, 4) is 5.75 Å². The molecule has 0 aliphatic heterocycles. The Balaban J connectivity index is 1.86. The first-order valence-corrected chi connectivity index (χ1v) is 7.29. The zero-order valence-corrected chi connectivity index (χ0v) is 12.6. The van der Waals surface area contributed by atoms with E-state index in [9.17, 15) is 0 Å². The van der Waals surface area contributed by atoms with Crippen LogP contribution in [0.4, 0.5) is 11.6 Å². The largest absolute Gasteiger partial charge is 0.492 e. The molecule has 1 aromatic heterocycles. The predicted molar refractivity (Wildman–Crippen MR) is 86.0 cm³/mol. The van der Waals surface area contributed by atoms with Crippen LogP contribution in [0.3, 0.4) is 0 Å². The summed E-state index contributed by atoms with van der Waals surface area (Å²) in [5, 5.41) is 6.33. The lowest BCUT2D eigenvalue weighted by atomic mass is 10.3. The SMILES string of the molecule is CCCc1nc(NC)cc(NCCOc2ccccc2)n1. The average Bonchev–Trinajstić information content (AvgIpc) is 2.53. The molecule has 0 bridgehead atoms. The summed E-state index contributed by atoms with van der Waals surface area (Å²) in [5.74, 6) is 3.40. The van der Waals surface area contributed by atoms with E-state index in [1.165, 1.54) is 0 Å². The third kappa shape index (κ3) is 4.95. The summed E-state index contributed by atoms with van der Waals surface area (Å²) in [6.45, 7) is 3.41. The summed E-state index contributed by atoms with van der Waals surface area (Å²) in [4.78, 5) is 8.92. The molecule has 0 unspecified atom stereocenters. The Labute approximate surface area is 125 Å². The number of hydrogen-bond acceptors (Lipinski definition) is 5. The van der Waals surface area contributed by atoms with Gasteiger partial charge in [-0.15, -0.1) is 0 Å². The lowest BCUT2D eigenvalue weighted by Crippen LogP contribution is -2.13. The van der Waals surface area contributed by atoms with Crippen LogP contribution in [0.15, 0.2) is 36.4 Å². The fourth-order valence-corrected chi connectivity index (χ4v) is 1.92. The van der Waals surface area contributed by atoms with E-state index in [2.05, 4.69) is 27.5 Å². The highest BCUT2D eigenvalue weighted by Crippen LogP contribution is 2.12. The minimum absolute atomic E-state index is 0.589.